The maximum atomic E-state index is 8.87. The molecule has 0 amide bonds. The normalized spacial score (nSPS) is 10.1. The summed E-state index contributed by atoms with van der Waals surface area (Å²) in [6.45, 7) is 5.06. The van der Waals surface area contributed by atoms with Gasteiger partial charge in [-0.25, -0.2) is 0 Å². The van der Waals surface area contributed by atoms with Crippen molar-refractivity contribution in [2.75, 3.05) is 17.2 Å². The summed E-state index contributed by atoms with van der Waals surface area (Å²) < 4.78 is 0. The second kappa shape index (κ2) is 6.12. The van der Waals surface area contributed by atoms with E-state index in [-0.39, 0.29) is 0 Å². The molecule has 0 heterocycles. The fraction of sp³-hybridized carbons (Fsp3) is 0.235. The smallest absolute Gasteiger partial charge is 0.0670 e. The van der Waals surface area contributed by atoms with Gasteiger partial charge in [-0.1, -0.05) is 12.1 Å². The van der Waals surface area contributed by atoms with Crippen molar-refractivity contribution in [3.8, 4) is 6.07 Å². The van der Waals surface area contributed by atoms with Crippen LogP contribution in [0, 0.1) is 18.3 Å². The molecule has 0 saturated carbocycles. The summed E-state index contributed by atoms with van der Waals surface area (Å²) in [7, 11) is 0. The molecule has 3 nitrogen and oxygen atoms in total. The van der Waals surface area contributed by atoms with Crippen molar-refractivity contribution in [3.05, 3.63) is 53.6 Å². The van der Waals surface area contributed by atoms with Gasteiger partial charge in [0, 0.05) is 23.6 Å². The number of hydrogen-bond donors (Lipinski definition) is 1. The van der Waals surface area contributed by atoms with E-state index in [0.29, 0.717) is 12.1 Å². The molecule has 0 spiro atoms. The van der Waals surface area contributed by atoms with Crippen molar-refractivity contribution in [1.82, 2.24) is 0 Å². The highest BCUT2D eigenvalue weighted by Crippen LogP contribution is 2.28. The lowest BCUT2D eigenvalue weighted by Crippen LogP contribution is -2.16. The lowest BCUT2D eigenvalue weighted by Gasteiger charge is -2.24. The summed E-state index contributed by atoms with van der Waals surface area (Å²) in [6.07, 6.45) is 0.338. The average molecular weight is 265 g/mol. The Labute approximate surface area is 120 Å². The van der Waals surface area contributed by atoms with Gasteiger partial charge in [0.1, 0.15) is 0 Å². The van der Waals surface area contributed by atoms with E-state index >= 15 is 0 Å². The molecule has 2 N–H and O–H groups in total. The van der Waals surface area contributed by atoms with Gasteiger partial charge in [0.25, 0.3) is 0 Å². The highest BCUT2D eigenvalue weighted by molar-refractivity contribution is 5.67. The first-order valence-corrected chi connectivity index (χ1v) is 6.75. The molecular weight excluding hydrogens is 246 g/mol. The molecule has 102 valence electrons. The number of aryl methyl sites for hydroxylation is 1. The van der Waals surface area contributed by atoms with Crippen LogP contribution in [0.5, 0.6) is 0 Å². The van der Waals surface area contributed by atoms with E-state index in [2.05, 4.69) is 49.1 Å². The minimum atomic E-state index is 0.338. The average Bonchev–Trinajstić information content (AvgIpc) is 2.43. The largest absolute Gasteiger partial charge is 0.398 e. The molecule has 0 radical (unpaired) electrons. The quantitative estimate of drug-likeness (QED) is 0.855. The molecular formula is C17H19N3. The van der Waals surface area contributed by atoms with Gasteiger partial charge in [-0.3, -0.25) is 0 Å². The first-order valence-electron chi connectivity index (χ1n) is 6.75. The molecule has 0 aliphatic heterocycles. The highest BCUT2D eigenvalue weighted by atomic mass is 15.1. The van der Waals surface area contributed by atoms with E-state index in [1.54, 1.807) is 0 Å². The Hall–Kier alpha value is -2.47. The van der Waals surface area contributed by atoms with E-state index in [1.165, 1.54) is 5.56 Å². The van der Waals surface area contributed by atoms with E-state index in [9.17, 15) is 0 Å². The van der Waals surface area contributed by atoms with Gasteiger partial charge in [-0.15, -0.1) is 0 Å². The second-order valence-electron chi connectivity index (χ2n) is 4.80. The summed E-state index contributed by atoms with van der Waals surface area (Å²) >= 11 is 0. The van der Waals surface area contributed by atoms with Crippen LogP contribution >= 0.6 is 0 Å². The Bertz CT molecular complexity index is 641. The zero-order chi connectivity index (χ0) is 14.5. The number of anilines is 3. The summed E-state index contributed by atoms with van der Waals surface area (Å²) in [4.78, 5) is 2.22. The topological polar surface area (TPSA) is 53.0 Å². The van der Waals surface area contributed by atoms with Crippen LogP contribution in [-0.2, 0) is 6.42 Å². The van der Waals surface area contributed by atoms with Crippen LogP contribution in [0.25, 0.3) is 0 Å². The van der Waals surface area contributed by atoms with Crippen molar-refractivity contribution in [1.29, 1.82) is 5.26 Å². The fourth-order valence-electron chi connectivity index (χ4n) is 2.31. The first kappa shape index (κ1) is 14.0. The third-order valence-electron chi connectivity index (χ3n) is 3.34. The number of nitrogen functional groups attached to an aromatic ring is 1. The molecule has 0 aromatic heterocycles. The Morgan fingerprint density at radius 1 is 1.15 bits per heavy atom. The minimum absolute atomic E-state index is 0.338. The number of nitrogens with two attached hydrogens (primary N) is 1. The lowest BCUT2D eigenvalue weighted by atomic mass is 10.1. The third kappa shape index (κ3) is 2.92. The fourth-order valence-corrected chi connectivity index (χ4v) is 2.31. The Balaban J connectivity index is 2.42. The Morgan fingerprint density at radius 2 is 1.90 bits per heavy atom. The van der Waals surface area contributed by atoms with Crippen molar-refractivity contribution in [2.24, 2.45) is 0 Å². The van der Waals surface area contributed by atoms with Crippen molar-refractivity contribution < 1.29 is 0 Å². The maximum absolute atomic E-state index is 8.87. The monoisotopic (exact) mass is 265 g/mol. The molecule has 20 heavy (non-hydrogen) atoms. The van der Waals surface area contributed by atoms with Crippen molar-refractivity contribution >= 4 is 17.1 Å². The maximum Gasteiger partial charge on any atom is 0.0670 e. The minimum Gasteiger partial charge on any atom is -0.398 e. The van der Waals surface area contributed by atoms with Crippen LogP contribution in [-0.4, -0.2) is 6.54 Å². The van der Waals surface area contributed by atoms with Crippen molar-refractivity contribution in [3.63, 3.8) is 0 Å². The Morgan fingerprint density at radius 3 is 2.55 bits per heavy atom. The second-order valence-corrected chi connectivity index (χ2v) is 4.80. The van der Waals surface area contributed by atoms with Crippen LogP contribution in [0.3, 0.4) is 0 Å². The lowest BCUT2D eigenvalue weighted by molar-refractivity contribution is 1.02. The SMILES string of the molecule is CCN(c1cccc(C)c1)c1ccc(N)c(CC#N)c1. The van der Waals surface area contributed by atoms with Crippen LogP contribution in [0.15, 0.2) is 42.5 Å². The predicted octanol–water partition coefficient (Wildman–Crippen LogP) is 3.80. The predicted molar refractivity (Wildman–Crippen MR) is 84.0 cm³/mol. The van der Waals surface area contributed by atoms with E-state index in [0.717, 1.165) is 23.5 Å². The molecule has 0 aliphatic rings. The standard InChI is InChI=1S/C17H19N3/c1-3-20(15-6-4-5-13(2)11-15)16-7-8-17(19)14(12-16)9-10-18/h4-8,11-12H,3,9,19H2,1-2H3. The summed E-state index contributed by atoms with van der Waals surface area (Å²) in [5.41, 5.74) is 10.9. The number of rotatable bonds is 4. The van der Waals surface area contributed by atoms with E-state index in [1.807, 2.05) is 18.2 Å². The Kier molecular flexibility index (Phi) is 4.27. The van der Waals surface area contributed by atoms with Gasteiger partial charge in [0.05, 0.1) is 12.5 Å². The molecule has 0 unspecified atom stereocenters. The first-order chi connectivity index (χ1) is 9.65. The van der Waals surface area contributed by atoms with Crippen LogP contribution in [0.4, 0.5) is 17.1 Å². The van der Waals surface area contributed by atoms with Gasteiger partial charge >= 0.3 is 0 Å². The van der Waals surface area contributed by atoms with Gasteiger partial charge in [0.15, 0.2) is 0 Å². The molecule has 0 fully saturated rings. The number of nitriles is 1. The molecule has 0 aliphatic carbocycles. The van der Waals surface area contributed by atoms with Gasteiger partial charge in [0.2, 0.25) is 0 Å². The van der Waals surface area contributed by atoms with Crippen molar-refractivity contribution in [2.45, 2.75) is 20.3 Å². The van der Waals surface area contributed by atoms with Crippen LogP contribution in [0.2, 0.25) is 0 Å². The molecule has 0 saturated heterocycles. The highest BCUT2D eigenvalue weighted by Gasteiger charge is 2.09. The molecule has 3 heteroatoms. The summed E-state index contributed by atoms with van der Waals surface area (Å²) in [5, 5.41) is 8.87. The third-order valence-corrected chi connectivity index (χ3v) is 3.34. The van der Waals surface area contributed by atoms with Gasteiger partial charge in [-0.05, 0) is 55.3 Å². The zero-order valence-corrected chi connectivity index (χ0v) is 11.9. The van der Waals surface area contributed by atoms with Crippen LogP contribution < -0.4 is 10.6 Å². The van der Waals surface area contributed by atoms with Gasteiger partial charge in [-0.2, -0.15) is 5.26 Å². The summed E-state index contributed by atoms with van der Waals surface area (Å²) in [6, 6.07) is 16.4. The van der Waals surface area contributed by atoms with E-state index < -0.39 is 0 Å². The molecule has 0 bridgehead atoms. The number of hydrogen-bond acceptors (Lipinski definition) is 3. The molecule has 2 rings (SSSR count). The zero-order valence-electron chi connectivity index (χ0n) is 11.9. The molecule has 0 atom stereocenters. The number of benzene rings is 2. The van der Waals surface area contributed by atoms with E-state index in [4.69, 9.17) is 11.0 Å². The number of nitrogens with zero attached hydrogens (tertiary/aromatic N) is 2. The molecule has 2 aromatic rings. The van der Waals surface area contributed by atoms with Gasteiger partial charge < -0.3 is 10.6 Å². The summed E-state index contributed by atoms with van der Waals surface area (Å²) in [5.74, 6) is 0. The molecule has 2 aromatic carbocycles. The van der Waals surface area contributed by atoms with Crippen LogP contribution in [0.1, 0.15) is 18.1 Å².